The van der Waals surface area contributed by atoms with Gasteiger partial charge in [-0.2, -0.15) is 0 Å². The minimum atomic E-state index is -0.281. The molecule has 4 rings (SSSR count). The fourth-order valence-corrected chi connectivity index (χ4v) is 3.44. The van der Waals surface area contributed by atoms with E-state index in [0.717, 1.165) is 24.8 Å². The highest BCUT2D eigenvalue weighted by Crippen LogP contribution is 2.17. The first kappa shape index (κ1) is 17.7. The van der Waals surface area contributed by atoms with Gasteiger partial charge in [0.15, 0.2) is 0 Å². The van der Waals surface area contributed by atoms with Crippen LogP contribution >= 0.6 is 11.6 Å². The van der Waals surface area contributed by atoms with Crippen LogP contribution in [0, 0.1) is 0 Å². The van der Waals surface area contributed by atoms with Crippen molar-refractivity contribution in [1.82, 2.24) is 13.9 Å². The molecule has 1 aliphatic heterocycles. The number of aromatic nitrogens is 3. The molecule has 0 spiro atoms. The third-order valence-electron chi connectivity index (χ3n) is 4.77. The number of fused-ring (bicyclic) bond motifs is 1. The second-order valence-corrected chi connectivity index (χ2v) is 7.05. The molecule has 0 fully saturated rings. The van der Waals surface area contributed by atoms with Gasteiger partial charge in [0, 0.05) is 18.1 Å². The van der Waals surface area contributed by atoms with Crippen molar-refractivity contribution in [2.24, 2.45) is 0 Å². The van der Waals surface area contributed by atoms with Crippen molar-refractivity contribution >= 4 is 11.6 Å². The highest BCUT2D eigenvalue weighted by Gasteiger charge is 2.18. The van der Waals surface area contributed by atoms with E-state index in [1.165, 1.54) is 4.57 Å². The van der Waals surface area contributed by atoms with Gasteiger partial charge in [0.05, 0.1) is 5.69 Å². The summed E-state index contributed by atoms with van der Waals surface area (Å²) in [5, 5.41) is 0.686. The van der Waals surface area contributed by atoms with Crippen LogP contribution in [-0.2, 0) is 19.7 Å². The van der Waals surface area contributed by atoms with Crippen LogP contribution < -0.4 is 16.1 Å². The Kier molecular flexibility index (Phi) is 4.90. The van der Waals surface area contributed by atoms with Crippen molar-refractivity contribution in [1.29, 1.82) is 0 Å². The highest BCUT2D eigenvalue weighted by atomic mass is 35.5. The summed E-state index contributed by atoms with van der Waals surface area (Å²) in [6.45, 7) is 1.59. The van der Waals surface area contributed by atoms with E-state index in [9.17, 15) is 9.59 Å². The van der Waals surface area contributed by atoms with E-state index in [-0.39, 0.29) is 11.4 Å². The van der Waals surface area contributed by atoms with E-state index in [0.29, 0.717) is 36.2 Å². The van der Waals surface area contributed by atoms with E-state index in [2.05, 4.69) is 0 Å². The zero-order chi connectivity index (χ0) is 18.8. The summed E-state index contributed by atoms with van der Waals surface area (Å²) in [7, 11) is 0. The Morgan fingerprint density at radius 2 is 1.41 bits per heavy atom. The second kappa shape index (κ2) is 7.48. The van der Waals surface area contributed by atoms with Crippen LogP contribution in [0.25, 0.3) is 5.69 Å². The Hall–Kier alpha value is -2.73. The van der Waals surface area contributed by atoms with Gasteiger partial charge in [-0.1, -0.05) is 23.7 Å². The predicted octanol–water partition coefficient (Wildman–Crippen LogP) is 3.22. The first-order valence-corrected chi connectivity index (χ1v) is 9.41. The van der Waals surface area contributed by atoms with Gasteiger partial charge < -0.3 is 4.74 Å². The molecule has 2 heterocycles. The van der Waals surface area contributed by atoms with Gasteiger partial charge >= 0.3 is 11.4 Å². The number of halogens is 1. The van der Waals surface area contributed by atoms with E-state index in [4.69, 9.17) is 16.3 Å². The summed E-state index contributed by atoms with van der Waals surface area (Å²) in [6.07, 6.45) is 2.87. The predicted molar refractivity (Wildman–Crippen MR) is 104 cm³/mol. The van der Waals surface area contributed by atoms with Gasteiger partial charge in [-0.3, -0.25) is 0 Å². The summed E-state index contributed by atoms with van der Waals surface area (Å²) >= 11 is 5.88. The lowest BCUT2D eigenvalue weighted by Crippen LogP contribution is -2.27. The largest absolute Gasteiger partial charge is 0.489 e. The molecule has 1 aliphatic rings. The van der Waals surface area contributed by atoms with Crippen molar-refractivity contribution in [3.63, 3.8) is 0 Å². The summed E-state index contributed by atoms with van der Waals surface area (Å²) < 4.78 is 10.1. The molecule has 0 amide bonds. The number of nitrogens with zero attached hydrogens (tertiary/aromatic N) is 3. The Morgan fingerprint density at radius 1 is 0.815 bits per heavy atom. The molecular formula is C20H20ClN3O3. The maximum atomic E-state index is 12.7. The van der Waals surface area contributed by atoms with Gasteiger partial charge in [0.2, 0.25) is 0 Å². The summed E-state index contributed by atoms with van der Waals surface area (Å²) in [6, 6.07) is 14.5. The number of benzene rings is 2. The monoisotopic (exact) mass is 385 g/mol. The van der Waals surface area contributed by atoms with E-state index in [1.54, 1.807) is 33.6 Å². The summed E-state index contributed by atoms with van der Waals surface area (Å²) in [4.78, 5) is 25.3. The van der Waals surface area contributed by atoms with Crippen LogP contribution in [-0.4, -0.2) is 13.9 Å². The maximum absolute atomic E-state index is 12.7. The lowest BCUT2D eigenvalue weighted by Gasteiger charge is -2.07. The van der Waals surface area contributed by atoms with Crippen molar-refractivity contribution in [2.75, 3.05) is 0 Å². The van der Waals surface area contributed by atoms with Crippen molar-refractivity contribution < 1.29 is 4.74 Å². The lowest BCUT2D eigenvalue weighted by atomic mass is 10.2. The van der Waals surface area contributed by atoms with Gasteiger partial charge in [-0.05, 0) is 61.2 Å². The standard InChI is InChI=1S/C20H20ClN3O3/c21-16-6-4-15(5-7-16)14-27-18-10-8-17(9-11-18)24-19(25)22-12-2-1-3-13-23(22)20(24)26/h4-11H,1-3,12-14H2. The van der Waals surface area contributed by atoms with Gasteiger partial charge in [0.1, 0.15) is 12.4 Å². The molecule has 3 aromatic rings. The molecule has 0 atom stereocenters. The SMILES string of the molecule is O=c1n(-c2ccc(OCc3ccc(Cl)cc3)cc2)c(=O)n2n1CCCCC2. The second-order valence-electron chi connectivity index (χ2n) is 6.62. The molecule has 2 aromatic carbocycles. The van der Waals surface area contributed by atoms with Crippen LogP contribution in [0.1, 0.15) is 24.8 Å². The molecule has 0 saturated carbocycles. The fraction of sp³-hybridized carbons (Fsp3) is 0.300. The third kappa shape index (κ3) is 3.57. The van der Waals surface area contributed by atoms with Crippen LogP contribution in [0.15, 0.2) is 58.1 Å². The normalized spacial score (nSPS) is 13.8. The Bertz CT molecular complexity index is 1010. The van der Waals surface area contributed by atoms with Crippen molar-refractivity contribution in [2.45, 2.75) is 39.0 Å². The molecule has 0 aliphatic carbocycles. The van der Waals surface area contributed by atoms with E-state index in [1.807, 2.05) is 24.3 Å². The molecule has 140 valence electrons. The minimum absolute atomic E-state index is 0.281. The molecule has 0 bridgehead atoms. The zero-order valence-corrected chi connectivity index (χ0v) is 15.6. The summed E-state index contributed by atoms with van der Waals surface area (Å²) in [5.41, 5.74) is 1.000. The molecule has 0 saturated heterocycles. The quantitative estimate of drug-likeness (QED) is 0.692. The maximum Gasteiger partial charge on any atom is 0.351 e. The lowest BCUT2D eigenvalue weighted by molar-refractivity contribution is 0.306. The van der Waals surface area contributed by atoms with Gasteiger partial charge in [-0.15, -0.1) is 0 Å². The molecule has 1 aromatic heterocycles. The molecule has 7 heteroatoms. The zero-order valence-electron chi connectivity index (χ0n) is 14.8. The smallest absolute Gasteiger partial charge is 0.351 e. The van der Waals surface area contributed by atoms with Crippen LogP contribution in [0.3, 0.4) is 0 Å². The number of hydrogen-bond acceptors (Lipinski definition) is 3. The van der Waals surface area contributed by atoms with Crippen molar-refractivity contribution in [3.05, 3.63) is 80.1 Å². The molecule has 0 unspecified atom stereocenters. The number of hydrogen-bond donors (Lipinski definition) is 0. The molecule has 0 N–H and O–H groups in total. The Morgan fingerprint density at radius 3 is 2.00 bits per heavy atom. The first-order valence-electron chi connectivity index (χ1n) is 9.04. The molecule has 0 radical (unpaired) electrons. The van der Waals surface area contributed by atoms with Crippen LogP contribution in [0.5, 0.6) is 5.75 Å². The van der Waals surface area contributed by atoms with Crippen LogP contribution in [0.2, 0.25) is 5.02 Å². The average Bonchev–Trinajstić information content (AvgIpc) is 2.85. The molecule has 27 heavy (non-hydrogen) atoms. The average molecular weight is 386 g/mol. The minimum Gasteiger partial charge on any atom is -0.489 e. The van der Waals surface area contributed by atoms with E-state index >= 15 is 0 Å². The van der Waals surface area contributed by atoms with Gasteiger partial charge in [0.25, 0.3) is 0 Å². The third-order valence-corrected chi connectivity index (χ3v) is 5.02. The fourth-order valence-electron chi connectivity index (χ4n) is 3.31. The molecular weight excluding hydrogens is 366 g/mol. The van der Waals surface area contributed by atoms with Gasteiger partial charge in [-0.25, -0.2) is 23.5 Å². The Labute approximate surface area is 161 Å². The summed E-state index contributed by atoms with van der Waals surface area (Å²) in [5.74, 6) is 0.669. The highest BCUT2D eigenvalue weighted by molar-refractivity contribution is 6.30. The first-order chi connectivity index (χ1) is 13.1. The topological polar surface area (TPSA) is 58.2 Å². The number of ether oxygens (including phenoxy) is 1. The van der Waals surface area contributed by atoms with E-state index < -0.39 is 0 Å². The molecule has 6 nitrogen and oxygen atoms in total. The Balaban J connectivity index is 1.55. The van der Waals surface area contributed by atoms with Crippen LogP contribution in [0.4, 0.5) is 0 Å². The van der Waals surface area contributed by atoms with Crippen molar-refractivity contribution in [3.8, 4) is 11.4 Å². The number of rotatable bonds is 4.